The molecule has 1 unspecified atom stereocenters. The highest BCUT2D eigenvalue weighted by atomic mass is 16.6. The molecule has 2 spiro atoms. The lowest BCUT2D eigenvalue weighted by molar-refractivity contribution is -0.0472. The largest absolute Gasteiger partial charge is 0.390 e. The van der Waals surface area contributed by atoms with E-state index in [0.29, 0.717) is 6.42 Å². The van der Waals surface area contributed by atoms with Gasteiger partial charge in [0.25, 0.3) is 0 Å². The summed E-state index contributed by atoms with van der Waals surface area (Å²) >= 11 is 0. The topological polar surface area (TPSA) is 69.9 Å². The lowest BCUT2D eigenvalue weighted by Gasteiger charge is -2.11. The zero-order chi connectivity index (χ0) is 8.56. The summed E-state index contributed by atoms with van der Waals surface area (Å²) in [5.74, 6) is 0. The van der Waals surface area contributed by atoms with Crippen LogP contribution in [0.5, 0.6) is 0 Å². The van der Waals surface area contributed by atoms with Crippen LogP contribution in [0, 0.1) is 0 Å². The third kappa shape index (κ3) is 0.599. The lowest BCUT2D eigenvalue weighted by Crippen LogP contribution is -2.35. The van der Waals surface area contributed by atoms with Crippen molar-refractivity contribution in [1.82, 2.24) is 0 Å². The van der Waals surface area contributed by atoms with Gasteiger partial charge in [-0.2, -0.15) is 0 Å². The molecule has 2 aliphatic carbocycles. The highest BCUT2D eigenvalue weighted by Gasteiger charge is 2.75. The summed E-state index contributed by atoms with van der Waals surface area (Å²) in [4.78, 5) is 0. The number of aliphatic hydroxyl groups is 3. The second-order valence-electron chi connectivity index (χ2n) is 4.23. The molecule has 0 radical (unpaired) electrons. The van der Waals surface area contributed by atoms with E-state index in [1.54, 1.807) is 0 Å². The maximum Gasteiger partial charge on any atom is 0.126 e. The Bertz CT molecular complexity index is 237. The van der Waals surface area contributed by atoms with E-state index in [9.17, 15) is 15.3 Å². The first-order chi connectivity index (χ1) is 5.61. The van der Waals surface area contributed by atoms with Crippen LogP contribution in [0.3, 0.4) is 0 Å². The Labute approximate surface area is 69.8 Å². The van der Waals surface area contributed by atoms with E-state index in [1.165, 1.54) is 0 Å². The van der Waals surface area contributed by atoms with Crippen molar-refractivity contribution in [3.8, 4) is 0 Å². The van der Waals surface area contributed by atoms with Crippen LogP contribution in [0.15, 0.2) is 0 Å². The Balaban J connectivity index is 1.92. The van der Waals surface area contributed by atoms with Crippen molar-refractivity contribution in [1.29, 1.82) is 0 Å². The van der Waals surface area contributed by atoms with Crippen LogP contribution in [-0.2, 0) is 4.74 Å². The fourth-order valence-electron chi connectivity index (χ4n) is 2.25. The van der Waals surface area contributed by atoms with Crippen molar-refractivity contribution in [2.24, 2.45) is 0 Å². The average molecular weight is 172 g/mol. The molecule has 68 valence electrons. The van der Waals surface area contributed by atoms with Gasteiger partial charge in [-0.05, 0) is 12.8 Å². The van der Waals surface area contributed by atoms with Crippen LogP contribution < -0.4 is 0 Å². The SMILES string of the molecule is O[C@@H]1[C@H](O)C2(C[C@H]2O)OC12CC2. The summed E-state index contributed by atoms with van der Waals surface area (Å²) in [7, 11) is 0. The normalized spacial score (nSPS) is 59.8. The Morgan fingerprint density at radius 3 is 1.92 bits per heavy atom. The second kappa shape index (κ2) is 1.70. The van der Waals surface area contributed by atoms with E-state index in [0.717, 1.165) is 12.8 Å². The fraction of sp³-hybridized carbons (Fsp3) is 1.00. The summed E-state index contributed by atoms with van der Waals surface area (Å²) in [6.07, 6.45) is -0.196. The van der Waals surface area contributed by atoms with E-state index >= 15 is 0 Å². The zero-order valence-electron chi connectivity index (χ0n) is 6.60. The van der Waals surface area contributed by atoms with Crippen LogP contribution >= 0.6 is 0 Å². The first-order valence-electron chi connectivity index (χ1n) is 4.35. The van der Waals surface area contributed by atoms with Gasteiger partial charge >= 0.3 is 0 Å². The van der Waals surface area contributed by atoms with E-state index in [4.69, 9.17) is 4.74 Å². The second-order valence-corrected chi connectivity index (χ2v) is 4.23. The Morgan fingerprint density at radius 2 is 1.67 bits per heavy atom. The molecule has 4 atom stereocenters. The molecule has 3 rings (SSSR count). The number of hydrogen-bond donors (Lipinski definition) is 3. The van der Waals surface area contributed by atoms with E-state index < -0.39 is 29.5 Å². The van der Waals surface area contributed by atoms with Crippen LogP contribution in [0.2, 0.25) is 0 Å². The third-order valence-electron chi connectivity index (χ3n) is 3.39. The number of hydrogen-bond acceptors (Lipinski definition) is 4. The molecule has 1 heterocycles. The number of ether oxygens (including phenoxy) is 1. The summed E-state index contributed by atoms with van der Waals surface area (Å²) in [5, 5.41) is 28.5. The van der Waals surface area contributed by atoms with Gasteiger partial charge in [0.2, 0.25) is 0 Å². The van der Waals surface area contributed by atoms with Gasteiger partial charge in [-0.3, -0.25) is 0 Å². The molecule has 0 aromatic heterocycles. The van der Waals surface area contributed by atoms with Gasteiger partial charge in [-0.1, -0.05) is 0 Å². The molecule has 4 heteroatoms. The van der Waals surface area contributed by atoms with Gasteiger partial charge < -0.3 is 20.1 Å². The highest BCUT2D eigenvalue weighted by Crippen LogP contribution is 2.61. The number of rotatable bonds is 0. The molecule has 1 saturated heterocycles. The van der Waals surface area contributed by atoms with E-state index in [1.807, 2.05) is 0 Å². The highest BCUT2D eigenvalue weighted by molar-refractivity contribution is 5.25. The van der Waals surface area contributed by atoms with Crippen LogP contribution in [0.4, 0.5) is 0 Å². The van der Waals surface area contributed by atoms with Gasteiger partial charge in [0, 0.05) is 6.42 Å². The summed E-state index contributed by atoms with van der Waals surface area (Å²) in [6.45, 7) is 0. The predicted octanol–water partition coefficient (Wildman–Crippen LogP) is -1.23. The van der Waals surface area contributed by atoms with Gasteiger partial charge in [-0.15, -0.1) is 0 Å². The minimum absolute atomic E-state index is 0.465. The molecule has 1 aliphatic heterocycles. The molecule has 0 aromatic carbocycles. The Hall–Kier alpha value is -0.160. The third-order valence-corrected chi connectivity index (χ3v) is 3.39. The maximum atomic E-state index is 9.60. The molecule has 0 amide bonds. The van der Waals surface area contributed by atoms with Crippen LogP contribution in [-0.4, -0.2) is 44.8 Å². The van der Waals surface area contributed by atoms with Gasteiger partial charge in [0.15, 0.2) is 0 Å². The Morgan fingerprint density at radius 1 is 1.08 bits per heavy atom. The smallest absolute Gasteiger partial charge is 0.126 e. The van der Waals surface area contributed by atoms with Crippen molar-refractivity contribution in [3.05, 3.63) is 0 Å². The molecule has 2 saturated carbocycles. The first-order valence-corrected chi connectivity index (χ1v) is 4.35. The zero-order valence-corrected chi connectivity index (χ0v) is 6.60. The lowest BCUT2D eigenvalue weighted by atomic mass is 10.1. The van der Waals surface area contributed by atoms with Crippen LogP contribution in [0.25, 0.3) is 0 Å². The minimum atomic E-state index is -0.894. The molecule has 0 aromatic rings. The molecule has 12 heavy (non-hydrogen) atoms. The molecule has 4 nitrogen and oxygen atoms in total. The van der Waals surface area contributed by atoms with Gasteiger partial charge in [0.05, 0.1) is 11.7 Å². The number of aliphatic hydroxyl groups excluding tert-OH is 3. The van der Waals surface area contributed by atoms with Crippen molar-refractivity contribution in [2.75, 3.05) is 0 Å². The first kappa shape index (κ1) is 7.26. The van der Waals surface area contributed by atoms with Crippen molar-refractivity contribution in [3.63, 3.8) is 0 Å². The quantitative estimate of drug-likeness (QED) is 0.428. The van der Waals surface area contributed by atoms with Crippen molar-refractivity contribution < 1.29 is 20.1 Å². The maximum absolute atomic E-state index is 9.60. The van der Waals surface area contributed by atoms with E-state index in [-0.39, 0.29) is 0 Å². The molecule has 3 N–H and O–H groups in total. The van der Waals surface area contributed by atoms with Crippen molar-refractivity contribution >= 4 is 0 Å². The summed E-state index contributed by atoms with van der Waals surface area (Å²) in [6, 6.07) is 0. The molecular formula is C8H12O4. The monoisotopic (exact) mass is 172 g/mol. The molecule has 3 fully saturated rings. The molecule has 3 aliphatic rings. The average Bonchev–Trinajstić information content (AvgIpc) is 2.90. The van der Waals surface area contributed by atoms with Gasteiger partial charge in [-0.25, -0.2) is 0 Å². The van der Waals surface area contributed by atoms with Gasteiger partial charge in [0.1, 0.15) is 17.8 Å². The molecular weight excluding hydrogens is 160 g/mol. The van der Waals surface area contributed by atoms with Crippen LogP contribution in [0.1, 0.15) is 19.3 Å². The van der Waals surface area contributed by atoms with E-state index in [2.05, 4.69) is 0 Å². The summed E-state index contributed by atoms with van der Waals surface area (Å²) < 4.78 is 5.55. The van der Waals surface area contributed by atoms with Crippen molar-refractivity contribution in [2.45, 2.75) is 48.8 Å². The predicted molar refractivity (Wildman–Crippen MR) is 38.4 cm³/mol. The Kier molecular flexibility index (Phi) is 1.03. The fourth-order valence-corrected chi connectivity index (χ4v) is 2.25. The minimum Gasteiger partial charge on any atom is -0.390 e. The summed E-state index contributed by atoms with van der Waals surface area (Å²) in [5.41, 5.74) is -1.31. The molecule has 0 bridgehead atoms. The standard InChI is InChI=1S/C8H12O4/c9-4-3-8(4)6(11)5(10)7(12-8)1-2-7/h4-6,9-11H,1-3H2/t4-,5-,6+,8?/m1/s1.